The van der Waals surface area contributed by atoms with E-state index in [1.54, 1.807) is 6.33 Å². The van der Waals surface area contributed by atoms with Crippen molar-refractivity contribution in [2.24, 2.45) is 11.8 Å². The largest absolute Gasteiger partial charge is 0.356 e. The molecule has 7 nitrogen and oxygen atoms in total. The number of rotatable bonds is 5. The Morgan fingerprint density at radius 1 is 0.964 bits per heavy atom. The Morgan fingerprint density at radius 3 is 2.29 bits per heavy atom. The predicted octanol–water partition coefficient (Wildman–Crippen LogP) is 2.17. The fraction of sp³-hybridized carbons (Fsp3) is 0.619. The molecule has 0 aromatic carbocycles. The monoisotopic (exact) mass is 379 g/mol. The number of fused-ring (bicyclic) bond motifs is 1. The summed E-state index contributed by atoms with van der Waals surface area (Å²) in [6.07, 6.45) is 9.61. The van der Waals surface area contributed by atoms with E-state index in [0.717, 1.165) is 56.3 Å². The third kappa shape index (κ3) is 3.43. The van der Waals surface area contributed by atoms with Gasteiger partial charge in [-0.05, 0) is 24.7 Å². The van der Waals surface area contributed by atoms with Crippen molar-refractivity contribution < 1.29 is 0 Å². The SMILES string of the molecule is CN(C)c1ncc(CN2CC3CN(c4cc(C5CCC5)ncn4)CC3C2)cn1. The molecule has 3 aliphatic rings. The highest BCUT2D eigenvalue weighted by Crippen LogP contribution is 2.38. The summed E-state index contributed by atoms with van der Waals surface area (Å²) in [7, 11) is 3.93. The van der Waals surface area contributed by atoms with Crippen molar-refractivity contribution in [3.05, 3.63) is 36.0 Å². The highest BCUT2D eigenvalue weighted by molar-refractivity contribution is 5.42. The molecule has 5 rings (SSSR count). The summed E-state index contributed by atoms with van der Waals surface area (Å²) < 4.78 is 0. The third-order valence-electron chi connectivity index (χ3n) is 6.58. The Morgan fingerprint density at radius 2 is 1.68 bits per heavy atom. The van der Waals surface area contributed by atoms with E-state index in [2.05, 4.69) is 35.8 Å². The highest BCUT2D eigenvalue weighted by atomic mass is 15.3. The van der Waals surface area contributed by atoms with Crippen LogP contribution in [0.2, 0.25) is 0 Å². The standard InChI is InChI=1S/C21H29N7/c1-26(2)21-22-7-15(8-23-21)9-27-10-17-12-28(13-18(17)11-27)20-6-19(24-14-25-20)16-4-3-5-16/h6-8,14,16-18H,3-5,9-13H2,1-2H3. The zero-order valence-corrected chi connectivity index (χ0v) is 16.8. The molecule has 2 aliphatic heterocycles. The minimum absolute atomic E-state index is 0.667. The second kappa shape index (κ2) is 7.28. The molecule has 0 radical (unpaired) electrons. The molecule has 2 aromatic rings. The lowest BCUT2D eigenvalue weighted by molar-refractivity contribution is 0.308. The normalized spacial score (nSPS) is 25.0. The minimum Gasteiger partial charge on any atom is -0.356 e. The average Bonchev–Trinajstić information content (AvgIpc) is 3.19. The summed E-state index contributed by atoms with van der Waals surface area (Å²) in [5.41, 5.74) is 2.44. The van der Waals surface area contributed by atoms with Crippen molar-refractivity contribution in [1.82, 2.24) is 24.8 Å². The lowest BCUT2D eigenvalue weighted by atomic mass is 9.83. The molecule has 0 N–H and O–H groups in total. The van der Waals surface area contributed by atoms with E-state index in [1.165, 1.54) is 30.5 Å². The van der Waals surface area contributed by atoms with E-state index in [1.807, 2.05) is 31.4 Å². The van der Waals surface area contributed by atoms with Gasteiger partial charge in [0.05, 0.1) is 0 Å². The van der Waals surface area contributed by atoms with E-state index in [-0.39, 0.29) is 0 Å². The van der Waals surface area contributed by atoms with Crippen LogP contribution in [-0.2, 0) is 6.54 Å². The Kier molecular flexibility index (Phi) is 4.62. The summed E-state index contributed by atoms with van der Waals surface area (Å²) in [5.74, 6) is 4.02. The van der Waals surface area contributed by atoms with Crippen molar-refractivity contribution in [2.75, 3.05) is 50.1 Å². The van der Waals surface area contributed by atoms with E-state index in [0.29, 0.717) is 5.92 Å². The van der Waals surface area contributed by atoms with Crippen LogP contribution in [0, 0.1) is 11.8 Å². The molecule has 7 heteroatoms. The summed E-state index contributed by atoms with van der Waals surface area (Å²) in [5, 5.41) is 0. The lowest BCUT2D eigenvalue weighted by Crippen LogP contribution is -2.29. The zero-order chi connectivity index (χ0) is 19.1. The Hall–Kier alpha value is -2.28. The van der Waals surface area contributed by atoms with Gasteiger partial charge in [-0.1, -0.05) is 6.42 Å². The van der Waals surface area contributed by atoms with Crippen LogP contribution in [0.3, 0.4) is 0 Å². The first-order valence-corrected chi connectivity index (χ1v) is 10.4. The maximum absolute atomic E-state index is 4.58. The number of hydrogen-bond donors (Lipinski definition) is 0. The van der Waals surface area contributed by atoms with E-state index in [9.17, 15) is 0 Å². The van der Waals surface area contributed by atoms with Gasteiger partial charge in [0.2, 0.25) is 5.95 Å². The number of anilines is 2. The minimum atomic E-state index is 0.667. The first-order valence-electron chi connectivity index (χ1n) is 10.4. The van der Waals surface area contributed by atoms with E-state index in [4.69, 9.17) is 0 Å². The van der Waals surface area contributed by atoms with Gasteiger partial charge < -0.3 is 9.80 Å². The quantitative estimate of drug-likeness (QED) is 0.789. The second-order valence-corrected chi connectivity index (χ2v) is 8.83. The molecule has 0 bridgehead atoms. The molecule has 2 aromatic heterocycles. The molecule has 2 unspecified atom stereocenters. The van der Waals surface area contributed by atoms with Gasteiger partial charge in [-0.25, -0.2) is 19.9 Å². The van der Waals surface area contributed by atoms with Crippen molar-refractivity contribution >= 4 is 11.8 Å². The van der Waals surface area contributed by atoms with Gasteiger partial charge in [0.15, 0.2) is 0 Å². The summed E-state index contributed by atoms with van der Waals surface area (Å²) in [6, 6.07) is 2.24. The molecule has 28 heavy (non-hydrogen) atoms. The molecule has 0 amide bonds. The molecular weight excluding hydrogens is 350 g/mol. The first-order chi connectivity index (χ1) is 13.7. The third-order valence-corrected chi connectivity index (χ3v) is 6.58. The van der Waals surface area contributed by atoms with Gasteiger partial charge >= 0.3 is 0 Å². The molecule has 1 saturated carbocycles. The number of nitrogens with zero attached hydrogens (tertiary/aromatic N) is 7. The van der Waals surface area contributed by atoms with Crippen molar-refractivity contribution in [2.45, 2.75) is 31.7 Å². The second-order valence-electron chi connectivity index (χ2n) is 8.83. The van der Waals surface area contributed by atoms with Gasteiger partial charge in [-0.2, -0.15) is 0 Å². The molecule has 2 atom stereocenters. The number of aromatic nitrogens is 4. The number of hydrogen-bond acceptors (Lipinski definition) is 7. The van der Waals surface area contributed by atoms with Crippen molar-refractivity contribution in [3.8, 4) is 0 Å². The molecule has 0 spiro atoms. The molecule has 1 aliphatic carbocycles. The van der Waals surface area contributed by atoms with Gasteiger partial charge in [0, 0.05) is 82.5 Å². The van der Waals surface area contributed by atoms with Crippen molar-refractivity contribution in [3.63, 3.8) is 0 Å². The maximum Gasteiger partial charge on any atom is 0.224 e. The summed E-state index contributed by atoms with van der Waals surface area (Å²) in [6.45, 7) is 5.46. The molecule has 4 heterocycles. The van der Waals surface area contributed by atoms with Crippen LogP contribution < -0.4 is 9.80 Å². The average molecular weight is 380 g/mol. The molecule has 148 valence electrons. The van der Waals surface area contributed by atoms with Crippen LogP contribution in [0.5, 0.6) is 0 Å². The van der Waals surface area contributed by atoms with E-state index < -0.39 is 0 Å². The zero-order valence-electron chi connectivity index (χ0n) is 16.8. The summed E-state index contributed by atoms with van der Waals surface area (Å²) >= 11 is 0. The highest BCUT2D eigenvalue weighted by Gasteiger charge is 2.40. The van der Waals surface area contributed by atoms with Crippen molar-refractivity contribution in [1.29, 1.82) is 0 Å². The Labute approximate surface area is 166 Å². The van der Waals surface area contributed by atoms with Gasteiger partial charge in [0.1, 0.15) is 12.1 Å². The smallest absolute Gasteiger partial charge is 0.224 e. The lowest BCUT2D eigenvalue weighted by Gasteiger charge is -2.26. The summed E-state index contributed by atoms with van der Waals surface area (Å²) in [4.78, 5) is 25.0. The Bertz CT molecular complexity index is 804. The fourth-order valence-electron chi connectivity index (χ4n) is 4.79. The van der Waals surface area contributed by atoms with Crippen LogP contribution >= 0.6 is 0 Å². The van der Waals surface area contributed by atoms with Crippen LogP contribution in [-0.4, -0.2) is 65.1 Å². The first kappa shape index (κ1) is 17.8. The van der Waals surface area contributed by atoms with Crippen LogP contribution in [0.4, 0.5) is 11.8 Å². The predicted molar refractivity (Wildman–Crippen MR) is 109 cm³/mol. The van der Waals surface area contributed by atoms with Crippen LogP contribution in [0.25, 0.3) is 0 Å². The molecule has 3 fully saturated rings. The topological polar surface area (TPSA) is 61.3 Å². The molecule has 2 saturated heterocycles. The van der Waals surface area contributed by atoms with Gasteiger partial charge in [-0.15, -0.1) is 0 Å². The van der Waals surface area contributed by atoms with Gasteiger partial charge in [0.25, 0.3) is 0 Å². The molecular formula is C21H29N7. The maximum atomic E-state index is 4.58. The van der Waals surface area contributed by atoms with E-state index >= 15 is 0 Å². The van der Waals surface area contributed by atoms with Crippen LogP contribution in [0.1, 0.15) is 36.4 Å². The Balaban J connectivity index is 1.18. The van der Waals surface area contributed by atoms with Gasteiger partial charge in [-0.3, -0.25) is 4.90 Å². The van der Waals surface area contributed by atoms with Crippen LogP contribution in [0.15, 0.2) is 24.8 Å². The number of likely N-dealkylation sites (tertiary alicyclic amines) is 1. The fourth-order valence-corrected chi connectivity index (χ4v) is 4.79.